The van der Waals surface area contributed by atoms with E-state index in [0.29, 0.717) is 19.3 Å². The molecule has 422 valence electrons. The molecule has 0 saturated carbocycles. The van der Waals surface area contributed by atoms with Crippen LogP contribution in [0.5, 0.6) is 0 Å². The maximum Gasteiger partial charge on any atom is 0.306 e. The lowest BCUT2D eigenvalue weighted by atomic mass is 10.0. The topological polar surface area (TPSA) is 78.9 Å². The van der Waals surface area contributed by atoms with Gasteiger partial charge in [0.25, 0.3) is 0 Å². The van der Waals surface area contributed by atoms with E-state index in [2.05, 4.69) is 118 Å². The number of hydrogen-bond acceptors (Lipinski definition) is 6. The minimum absolute atomic E-state index is 0.108. The van der Waals surface area contributed by atoms with Gasteiger partial charge < -0.3 is 14.2 Å². The van der Waals surface area contributed by atoms with Crippen LogP contribution in [0.4, 0.5) is 0 Å². The molecule has 0 N–H and O–H groups in total. The molecule has 0 aromatic heterocycles. The number of carbonyl (C=O) groups excluding carboxylic acids is 3. The lowest BCUT2D eigenvalue weighted by Gasteiger charge is -2.18. The van der Waals surface area contributed by atoms with Crippen molar-refractivity contribution >= 4 is 17.9 Å². The van der Waals surface area contributed by atoms with Gasteiger partial charge in [-0.15, -0.1) is 0 Å². The average molecular weight is 1030 g/mol. The molecule has 0 aliphatic heterocycles. The van der Waals surface area contributed by atoms with Crippen LogP contribution in [0, 0.1) is 0 Å². The lowest BCUT2D eigenvalue weighted by molar-refractivity contribution is -0.166. The van der Waals surface area contributed by atoms with Crippen LogP contribution >= 0.6 is 0 Å². The highest BCUT2D eigenvalue weighted by atomic mass is 16.6. The maximum absolute atomic E-state index is 12.8. The predicted molar refractivity (Wildman–Crippen MR) is 320 cm³/mol. The highest BCUT2D eigenvalue weighted by molar-refractivity contribution is 5.71. The molecule has 0 saturated heterocycles. The second-order valence-electron chi connectivity index (χ2n) is 20.2. The molecule has 74 heavy (non-hydrogen) atoms. The Kier molecular flexibility index (Phi) is 58.3. The quantitative estimate of drug-likeness (QED) is 0.0261. The van der Waals surface area contributed by atoms with Gasteiger partial charge in [-0.25, -0.2) is 0 Å². The fraction of sp³-hybridized carbons (Fsp3) is 0.691. The molecule has 0 radical (unpaired) electrons. The van der Waals surface area contributed by atoms with Gasteiger partial charge in [0.2, 0.25) is 0 Å². The van der Waals surface area contributed by atoms with Crippen LogP contribution in [0.2, 0.25) is 0 Å². The van der Waals surface area contributed by atoms with Crippen LogP contribution in [-0.2, 0) is 28.6 Å². The summed E-state index contributed by atoms with van der Waals surface area (Å²) in [6.07, 6.45) is 84.2. The Morgan fingerprint density at radius 1 is 0.284 bits per heavy atom. The van der Waals surface area contributed by atoms with E-state index in [1.54, 1.807) is 0 Å². The van der Waals surface area contributed by atoms with E-state index in [1.165, 1.54) is 135 Å². The number of carbonyl (C=O) groups is 3. The van der Waals surface area contributed by atoms with E-state index >= 15 is 0 Å². The maximum atomic E-state index is 12.8. The largest absolute Gasteiger partial charge is 0.462 e. The van der Waals surface area contributed by atoms with E-state index in [-0.39, 0.29) is 31.6 Å². The average Bonchev–Trinajstić information content (AvgIpc) is 3.40. The second-order valence-corrected chi connectivity index (χ2v) is 20.2. The lowest BCUT2D eigenvalue weighted by Crippen LogP contribution is -2.30. The zero-order valence-electron chi connectivity index (χ0n) is 48.3. The Morgan fingerprint density at radius 2 is 0.554 bits per heavy atom. The Bertz CT molecular complexity index is 1510. The van der Waals surface area contributed by atoms with Crippen LogP contribution < -0.4 is 0 Å². The summed E-state index contributed by atoms with van der Waals surface area (Å²) in [6, 6.07) is 0. The van der Waals surface area contributed by atoms with Crippen molar-refractivity contribution in [1.82, 2.24) is 0 Å². The SMILES string of the molecule is CC/C=C\C/C=C\C/C=C\C/C=C\CCCCCCCCCCCCCCCCCCCCC(=O)OCC(COC(=O)CCCCCCC/C=C\CCCCC)OC(=O)CC/C=C\C/C=C\C/C=C\C/C=C\CC. The van der Waals surface area contributed by atoms with E-state index in [4.69, 9.17) is 14.2 Å². The summed E-state index contributed by atoms with van der Waals surface area (Å²) in [4.78, 5) is 38.1. The number of unbranched alkanes of at least 4 members (excludes halogenated alkanes) is 26. The van der Waals surface area contributed by atoms with Crippen molar-refractivity contribution in [3.8, 4) is 0 Å². The Hall–Kier alpha value is -3.93. The monoisotopic (exact) mass is 1030 g/mol. The van der Waals surface area contributed by atoms with Gasteiger partial charge in [0.15, 0.2) is 6.10 Å². The first kappa shape index (κ1) is 70.1. The minimum Gasteiger partial charge on any atom is -0.462 e. The highest BCUT2D eigenvalue weighted by Gasteiger charge is 2.19. The fourth-order valence-corrected chi connectivity index (χ4v) is 8.44. The molecule has 6 heteroatoms. The first-order valence-electron chi connectivity index (χ1n) is 30.9. The van der Waals surface area contributed by atoms with Gasteiger partial charge in [-0.2, -0.15) is 0 Å². The molecule has 0 aromatic rings. The van der Waals surface area contributed by atoms with Crippen LogP contribution in [0.15, 0.2) is 109 Å². The van der Waals surface area contributed by atoms with Crippen molar-refractivity contribution in [2.45, 2.75) is 290 Å². The predicted octanol–water partition coefficient (Wildman–Crippen LogP) is 21.0. The van der Waals surface area contributed by atoms with Crippen molar-refractivity contribution in [3.63, 3.8) is 0 Å². The van der Waals surface area contributed by atoms with Gasteiger partial charge in [0.1, 0.15) is 13.2 Å². The summed E-state index contributed by atoms with van der Waals surface area (Å²) in [5, 5.41) is 0. The Morgan fingerprint density at radius 3 is 0.892 bits per heavy atom. The zero-order chi connectivity index (χ0) is 53.6. The Balaban J connectivity index is 4.17. The van der Waals surface area contributed by atoms with E-state index in [9.17, 15) is 14.4 Å². The molecule has 1 unspecified atom stereocenters. The number of ether oxygens (including phenoxy) is 3. The van der Waals surface area contributed by atoms with Crippen molar-refractivity contribution in [1.29, 1.82) is 0 Å². The molecule has 0 aliphatic rings. The molecule has 0 spiro atoms. The van der Waals surface area contributed by atoms with Gasteiger partial charge >= 0.3 is 17.9 Å². The molecule has 0 amide bonds. The van der Waals surface area contributed by atoms with E-state index in [1.807, 2.05) is 12.2 Å². The van der Waals surface area contributed by atoms with Crippen LogP contribution in [0.3, 0.4) is 0 Å². The van der Waals surface area contributed by atoms with E-state index < -0.39 is 12.1 Å². The van der Waals surface area contributed by atoms with Gasteiger partial charge in [-0.3, -0.25) is 14.4 Å². The summed E-state index contributed by atoms with van der Waals surface area (Å²) >= 11 is 0. The molecule has 0 aromatic carbocycles. The summed E-state index contributed by atoms with van der Waals surface area (Å²) in [7, 11) is 0. The standard InChI is InChI=1S/C68H114O6/c1-4-7-10-13-16-19-22-25-26-27-28-29-30-31-32-33-34-35-36-37-38-39-40-41-42-44-46-49-52-55-58-61-67(70)73-64-65(63-72-66(69)60-57-54-51-48-45-24-21-18-15-12-9-6-3)74-68(71)62-59-56-53-50-47-43-23-20-17-14-11-8-5-2/h7-8,10-11,16-21,25-26,28-29,43,47,53,56,65H,4-6,9,12-15,22-24,27,30-42,44-46,48-52,54-55,57-64H2,1-3H3/b10-7-,11-8-,19-16-,20-17-,21-18-,26-25-,29-28-,47-43-,56-53-. The third-order valence-corrected chi connectivity index (χ3v) is 13.0. The van der Waals surface area contributed by atoms with Crippen LogP contribution in [0.1, 0.15) is 284 Å². The normalized spacial score (nSPS) is 12.9. The van der Waals surface area contributed by atoms with E-state index in [0.717, 1.165) is 103 Å². The molecule has 0 rings (SSSR count). The van der Waals surface area contributed by atoms with Crippen molar-refractivity contribution in [3.05, 3.63) is 109 Å². The zero-order valence-corrected chi connectivity index (χ0v) is 48.3. The number of rotatable bonds is 55. The molecular formula is C68H114O6. The van der Waals surface area contributed by atoms with Gasteiger partial charge in [-0.05, 0) is 109 Å². The van der Waals surface area contributed by atoms with Crippen molar-refractivity contribution in [2.75, 3.05) is 13.2 Å². The van der Waals surface area contributed by atoms with Crippen LogP contribution in [0.25, 0.3) is 0 Å². The molecular weight excluding hydrogens is 913 g/mol. The number of hydrogen-bond donors (Lipinski definition) is 0. The van der Waals surface area contributed by atoms with Crippen molar-refractivity contribution < 1.29 is 28.6 Å². The number of allylic oxidation sites excluding steroid dienone is 18. The summed E-state index contributed by atoms with van der Waals surface area (Å²) < 4.78 is 16.8. The molecule has 0 aliphatic carbocycles. The Labute approximate surface area is 457 Å². The van der Waals surface area contributed by atoms with Crippen LogP contribution in [-0.4, -0.2) is 37.2 Å². The second kappa shape index (κ2) is 61.6. The third kappa shape index (κ3) is 59.0. The number of esters is 3. The minimum atomic E-state index is -0.818. The smallest absolute Gasteiger partial charge is 0.306 e. The molecule has 0 fully saturated rings. The highest BCUT2D eigenvalue weighted by Crippen LogP contribution is 2.16. The molecule has 0 heterocycles. The third-order valence-electron chi connectivity index (χ3n) is 13.0. The fourth-order valence-electron chi connectivity index (χ4n) is 8.44. The first-order valence-corrected chi connectivity index (χ1v) is 30.9. The summed E-state index contributed by atoms with van der Waals surface area (Å²) in [5.74, 6) is -0.995. The molecule has 1 atom stereocenters. The molecule has 0 bridgehead atoms. The summed E-state index contributed by atoms with van der Waals surface area (Å²) in [5.41, 5.74) is 0. The first-order chi connectivity index (χ1) is 36.5. The van der Waals surface area contributed by atoms with Crippen molar-refractivity contribution in [2.24, 2.45) is 0 Å². The van der Waals surface area contributed by atoms with Gasteiger partial charge in [0.05, 0.1) is 0 Å². The van der Waals surface area contributed by atoms with Gasteiger partial charge in [0, 0.05) is 19.3 Å². The van der Waals surface area contributed by atoms with Gasteiger partial charge in [-0.1, -0.05) is 265 Å². The molecule has 6 nitrogen and oxygen atoms in total. The summed E-state index contributed by atoms with van der Waals surface area (Å²) in [6.45, 7) is 6.33.